The summed E-state index contributed by atoms with van der Waals surface area (Å²) in [4.78, 5) is 48.1. The lowest BCUT2D eigenvalue weighted by molar-refractivity contribution is -0.237. The maximum absolute atomic E-state index is 12.2. The molecule has 1 fully saturated rings. The van der Waals surface area contributed by atoms with Crippen molar-refractivity contribution in [3.63, 3.8) is 0 Å². The van der Waals surface area contributed by atoms with Crippen LogP contribution in [-0.4, -0.2) is 75.1 Å². The lowest BCUT2D eigenvalue weighted by atomic mass is 9.99. The SMILES string of the molecule is CC(=O)OC[C@H]1O[C@@H](Sc2nnc(-c3ccccc3)n2-c2ccc(Br)cc2)[C@H](OC(C)=O)[C@@H](OC(C)=O)[C@@H]1OC(C)=O. The summed E-state index contributed by atoms with van der Waals surface area (Å²) in [6.45, 7) is 4.42. The average molecular weight is 663 g/mol. The molecule has 12 nitrogen and oxygen atoms in total. The van der Waals surface area contributed by atoms with Gasteiger partial charge in [0.1, 0.15) is 12.7 Å². The molecule has 2 heterocycles. The lowest BCUT2D eigenvalue weighted by Gasteiger charge is -2.43. The number of nitrogens with zero attached hydrogens (tertiary/aromatic N) is 3. The van der Waals surface area contributed by atoms with E-state index in [1.54, 1.807) is 4.57 Å². The van der Waals surface area contributed by atoms with Crippen molar-refractivity contribution >= 4 is 51.6 Å². The highest BCUT2D eigenvalue weighted by Gasteiger charge is 2.53. The quantitative estimate of drug-likeness (QED) is 0.242. The van der Waals surface area contributed by atoms with Crippen molar-refractivity contribution in [3.05, 3.63) is 59.1 Å². The normalized spacial score (nSPS) is 21.7. The van der Waals surface area contributed by atoms with E-state index in [1.807, 2.05) is 54.6 Å². The fourth-order valence-electron chi connectivity index (χ4n) is 4.33. The molecule has 222 valence electrons. The van der Waals surface area contributed by atoms with Gasteiger partial charge in [-0.1, -0.05) is 46.3 Å². The van der Waals surface area contributed by atoms with Crippen molar-refractivity contribution in [2.24, 2.45) is 0 Å². The molecule has 1 aliphatic rings. The van der Waals surface area contributed by atoms with Crippen LogP contribution in [0.3, 0.4) is 0 Å². The Hall–Kier alpha value is -3.75. The Morgan fingerprint density at radius 2 is 1.40 bits per heavy atom. The molecule has 0 aliphatic carbocycles. The minimum atomic E-state index is -1.29. The first-order chi connectivity index (χ1) is 20.0. The van der Waals surface area contributed by atoms with Crippen LogP contribution in [-0.2, 0) is 42.9 Å². The Morgan fingerprint density at radius 1 is 0.810 bits per heavy atom. The molecule has 1 saturated heterocycles. The third-order valence-corrected chi connectivity index (χ3v) is 7.54. The number of carbonyl (C=O) groups is 4. The molecular formula is C28H28BrN3O9S. The van der Waals surface area contributed by atoms with Gasteiger partial charge in [-0.25, -0.2) is 0 Å². The molecular weight excluding hydrogens is 634 g/mol. The highest BCUT2D eigenvalue weighted by Crippen LogP contribution is 2.39. The van der Waals surface area contributed by atoms with Crippen LogP contribution in [0, 0.1) is 0 Å². The number of halogens is 1. The molecule has 3 aromatic rings. The molecule has 14 heteroatoms. The number of rotatable bonds is 9. The summed E-state index contributed by atoms with van der Waals surface area (Å²) >= 11 is 4.51. The van der Waals surface area contributed by atoms with E-state index in [1.165, 1.54) is 27.7 Å². The molecule has 0 radical (unpaired) electrons. The van der Waals surface area contributed by atoms with Crippen molar-refractivity contribution in [2.45, 2.75) is 62.7 Å². The molecule has 0 spiro atoms. The van der Waals surface area contributed by atoms with Crippen LogP contribution in [0.1, 0.15) is 27.7 Å². The zero-order valence-corrected chi connectivity index (χ0v) is 25.5. The van der Waals surface area contributed by atoms with E-state index in [9.17, 15) is 19.2 Å². The summed E-state index contributed by atoms with van der Waals surface area (Å²) in [5, 5.41) is 9.21. The maximum atomic E-state index is 12.2. The highest BCUT2D eigenvalue weighted by atomic mass is 79.9. The van der Waals surface area contributed by atoms with E-state index in [0.717, 1.165) is 27.5 Å². The van der Waals surface area contributed by atoms with Crippen LogP contribution in [0.5, 0.6) is 0 Å². The monoisotopic (exact) mass is 661 g/mol. The van der Waals surface area contributed by atoms with Crippen LogP contribution in [0.4, 0.5) is 0 Å². The summed E-state index contributed by atoms with van der Waals surface area (Å²) in [7, 11) is 0. The van der Waals surface area contributed by atoms with Crippen molar-refractivity contribution < 1.29 is 42.9 Å². The predicted molar refractivity (Wildman–Crippen MR) is 152 cm³/mol. The summed E-state index contributed by atoms with van der Waals surface area (Å²) in [6.07, 6.45) is -4.87. The average Bonchev–Trinajstić information content (AvgIpc) is 3.34. The maximum Gasteiger partial charge on any atom is 0.303 e. The summed E-state index contributed by atoms with van der Waals surface area (Å²) < 4.78 is 30.7. The Balaban J connectivity index is 1.80. The molecule has 1 aliphatic heterocycles. The minimum absolute atomic E-state index is 0.330. The number of hydrogen-bond acceptors (Lipinski definition) is 12. The third kappa shape index (κ3) is 7.75. The van der Waals surface area contributed by atoms with Crippen molar-refractivity contribution in [1.29, 1.82) is 0 Å². The van der Waals surface area contributed by atoms with Gasteiger partial charge in [0.2, 0.25) is 0 Å². The number of benzene rings is 2. The smallest absolute Gasteiger partial charge is 0.303 e. The number of thioether (sulfide) groups is 1. The summed E-state index contributed by atoms with van der Waals surface area (Å²) in [5.41, 5.74) is 0.462. The van der Waals surface area contributed by atoms with Crippen molar-refractivity contribution in [2.75, 3.05) is 6.61 Å². The molecule has 0 bridgehead atoms. The first kappa shape index (κ1) is 31.2. The number of ether oxygens (including phenoxy) is 5. The van der Waals surface area contributed by atoms with Crippen LogP contribution in [0.15, 0.2) is 64.2 Å². The van der Waals surface area contributed by atoms with Crippen LogP contribution in [0.2, 0.25) is 0 Å². The lowest BCUT2D eigenvalue weighted by Crippen LogP contribution is -2.61. The van der Waals surface area contributed by atoms with Gasteiger partial charge in [0, 0.05) is 43.4 Å². The Labute approximate surface area is 254 Å². The standard InChI is InChI=1S/C28H28BrN3O9S/c1-15(33)37-14-22-23(38-16(2)34)24(39-17(3)35)25(40-18(4)36)27(41-22)42-28-31-30-26(19-8-6-5-7-9-19)32(28)21-12-10-20(29)11-13-21/h5-13,22-25,27H,14H2,1-4H3/t22-,23-,24+,25-,27+/m1/s1. The summed E-state index contributed by atoms with van der Waals surface area (Å²) in [5.74, 6) is -2.17. The second kappa shape index (κ2) is 13.9. The molecule has 0 saturated carbocycles. The number of aromatic nitrogens is 3. The molecule has 4 rings (SSSR count). The third-order valence-electron chi connectivity index (χ3n) is 5.92. The summed E-state index contributed by atoms with van der Waals surface area (Å²) in [6, 6.07) is 16.9. The van der Waals surface area contributed by atoms with Gasteiger partial charge < -0.3 is 23.7 Å². The van der Waals surface area contributed by atoms with Crippen molar-refractivity contribution in [3.8, 4) is 17.1 Å². The van der Waals surface area contributed by atoms with Gasteiger partial charge in [-0.2, -0.15) is 0 Å². The van der Waals surface area contributed by atoms with Crippen LogP contribution in [0.25, 0.3) is 17.1 Å². The van der Waals surface area contributed by atoms with Crippen LogP contribution >= 0.6 is 27.7 Å². The van der Waals surface area contributed by atoms with Gasteiger partial charge in [0.15, 0.2) is 34.7 Å². The van der Waals surface area contributed by atoms with Gasteiger partial charge >= 0.3 is 23.9 Å². The molecule has 0 amide bonds. The fraction of sp³-hybridized carbons (Fsp3) is 0.357. The first-order valence-electron chi connectivity index (χ1n) is 12.8. The van der Waals surface area contributed by atoms with E-state index in [2.05, 4.69) is 26.1 Å². The second-order valence-electron chi connectivity index (χ2n) is 9.17. The highest BCUT2D eigenvalue weighted by molar-refractivity contribution is 9.10. The van der Waals surface area contributed by atoms with E-state index in [4.69, 9.17) is 23.7 Å². The molecule has 42 heavy (non-hydrogen) atoms. The Kier molecular flexibility index (Phi) is 10.4. The zero-order valence-electron chi connectivity index (χ0n) is 23.1. The van der Waals surface area contributed by atoms with E-state index in [-0.39, 0.29) is 6.61 Å². The number of hydrogen-bond donors (Lipinski definition) is 0. The van der Waals surface area contributed by atoms with Crippen LogP contribution < -0.4 is 0 Å². The first-order valence-corrected chi connectivity index (χ1v) is 14.4. The van der Waals surface area contributed by atoms with E-state index in [0.29, 0.717) is 11.0 Å². The van der Waals surface area contributed by atoms with Gasteiger partial charge in [0.25, 0.3) is 0 Å². The predicted octanol–water partition coefficient (Wildman–Crippen LogP) is 3.87. The molecule has 1 aromatic heterocycles. The van der Waals surface area contributed by atoms with Gasteiger partial charge in [-0.3, -0.25) is 23.7 Å². The molecule has 2 aromatic carbocycles. The second-order valence-corrected chi connectivity index (χ2v) is 11.2. The largest absolute Gasteiger partial charge is 0.463 e. The van der Waals surface area contributed by atoms with Crippen molar-refractivity contribution in [1.82, 2.24) is 14.8 Å². The number of carbonyl (C=O) groups excluding carboxylic acids is 4. The van der Waals surface area contributed by atoms with Gasteiger partial charge in [-0.15, -0.1) is 10.2 Å². The molecule has 5 atom stereocenters. The van der Waals surface area contributed by atoms with Gasteiger partial charge in [-0.05, 0) is 36.0 Å². The Bertz CT molecular complexity index is 1430. The topological polar surface area (TPSA) is 145 Å². The minimum Gasteiger partial charge on any atom is -0.463 e. The zero-order chi connectivity index (χ0) is 30.4. The van der Waals surface area contributed by atoms with E-state index >= 15 is 0 Å². The molecule has 0 N–H and O–H groups in total. The fourth-order valence-corrected chi connectivity index (χ4v) is 5.73. The van der Waals surface area contributed by atoms with Gasteiger partial charge in [0.05, 0.1) is 0 Å². The molecule has 0 unspecified atom stereocenters. The Morgan fingerprint density at radius 3 is 2.00 bits per heavy atom. The number of esters is 4. The van der Waals surface area contributed by atoms with E-state index < -0.39 is 53.7 Å².